The van der Waals surface area contributed by atoms with Crippen molar-refractivity contribution < 1.29 is 8.78 Å². The zero-order valence-electron chi connectivity index (χ0n) is 12.2. The van der Waals surface area contributed by atoms with Gasteiger partial charge in [0.2, 0.25) is 0 Å². The Morgan fingerprint density at radius 3 is 2.20 bits per heavy atom. The van der Waals surface area contributed by atoms with Crippen LogP contribution in [-0.4, -0.2) is 0 Å². The molecular weight excluding hydrogens is 256 g/mol. The number of hydrogen-bond acceptors (Lipinski definition) is 1. The molecule has 1 aromatic rings. The molecule has 0 saturated heterocycles. The predicted octanol–water partition coefficient (Wildman–Crippen LogP) is 5.11. The summed E-state index contributed by atoms with van der Waals surface area (Å²) in [6.07, 6.45) is 5.70. The maximum Gasteiger partial charge on any atom is 0.130 e. The molecule has 1 aromatic carbocycles. The normalized spacial score (nSPS) is 19.1. The van der Waals surface area contributed by atoms with Crippen molar-refractivity contribution in [3.8, 4) is 6.07 Å². The first kappa shape index (κ1) is 15.0. The molecule has 108 valence electrons. The van der Waals surface area contributed by atoms with E-state index >= 15 is 0 Å². The Morgan fingerprint density at radius 2 is 1.75 bits per heavy atom. The Balaban J connectivity index is 2.28. The highest BCUT2D eigenvalue weighted by Gasteiger charge is 2.55. The fourth-order valence-corrected chi connectivity index (χ4v) is 3.98. The molecule has 1 aliphatic rings. The highest BCUT2D eigenvalue weighted by molar-refractivity contribution is 5.39. The standard InChI is InChI=1S/C17H21F2N/c1-3-7-16(8-4-2)10-17(11-16,12-20)14-6-5-13(18)9-15(14)19/h5-6,9H,3-4,7-8,10-11H2,1-2H3. The summed E-state index contributed by atoms with van der Waals surface area (Å²) in [6, 6.07) is 5.87. The maximum atomic E-state index is 14.0. The first-order chi connectivity index (χ1) is 9.51. The molecule has 0 heterocycles. The number of nitriles is 1. The first-order valence-electron chi connectivity index (χ1n) is 7.38. The van der Waals surface area contributed by atoms with E-state index in [1.54, 1.807) is 0 Å². The third-order valence-corrected chi connectivity index (χ3v) is 4.57. The first-order valence-corrected chi connectivity index (χ1v) is 7.38. The summed E-state index contributed by atoms with van der Waals surface area (Å²) < 4.78 is 27.0. The van der Waals surface area contributed by atoms with Gasteiger partial charge >= 0.3 is 0 Å². The van der Waals surface area contributed by atoms with Crippen LogP contribution in [0.2, 0.25) is 0 Å². The monoisotopic (exact) mass is 277 g/mol. The Kier molecular flexibility index (Phi) is 4.13. The van der Waals surface area contributed by atoms with Gasteiger partial charge in [0.1, 0.15) is 11.6 Å². The van der Waals surface area contributed by atoms with Gasteiger partial charge in [0, 0.05) is 11.6 Å². The van der Waals surface area contributed by atoms with E-state index in [1.807, 2.05) is 0 Å². The molecule has 0 aromatic heterocycles. The lowest BCUT2D eigenvalue weighted by molar-refractivity contribution is 0.0338. The van der Waals surface area contributed by atoms with Crippen molar-refractivity contribution in [3.63, 3.8) is 0 Å². The molecule has 0 spiro atoms. The van der Waals surface area contributed by atoms with Crippen LogP contribution in [0, 0.1) is 28.4 Å². The van der Waals surface area contributed by atoms with E-state index in [9.17, 15) is 14.0 Å². The molecular formula is C17H21F2N. The molecule has 0 amide bonds. The van der Waals surface area contributed by atoms with Crippen molar-refractivity contribution >= 4 is 0 Å². The highest BCUT2D eigenvalue weighted by atomic mass is 19.1. The topological polar surface area (TPSA) is 23.8 Å². The van der Waals surface area contributed by atoms with E-state index < -0.39 is 17.0 Å². The lowest BCUT2D eigenvalue weighted by Gasteiger charge is -2.53. The lowest BCUT2D eigenvalue weighted by Crippen LogP contribution is -2.49. The Labute approximate surface area is 119 Å². The second-order valence-corrected chi connectivity index (χ2v) is 6.17. The van der Waals surface area contributed by atoms with Gasteiger partial charge in [-0.15, -0.1) is 0 Å². The average Bonchev–Trinajstić information content (AvgIpc) is 2.36. The Morgan fingerprint density at radius 1 is 1.15 bits per heavy atom. The van der Waals surface area contributed by atoms with E-state index in [2.05, 4.69) is 19.9 Å². The lowest BCUT2D eigenvalue weighted by atomic mass is 9.48. The minimum atomic E-state index is -0.762. The van der Waals surface area contributed by atoms with Crippen molar-refractivity contribution in [2.45, 2.75) is 57.8 Å². The summed E-state index contributed by atoms with van der Waals surface area (Å²) in [6.45, 7) is 4.28. The largest absolute Gasteiger partial charge is 0.207 e. The van der Waals surface area contributed by atoms with Crippen molar-refractivity contribution in [2.75, 3.05) is 0 Å². The van der Waals surface area contributed by atoms with Gasteiger partial charge in [-0.2, -0.15) is 5.26 Å². The zero-order valence-corrected chi connectivity index (χ0v) is 12.2. The minimum absolute atomic E-state index is 0.167. The van der Waals surface area contributed by atoms with Crippen molar-refractivity contribution in [1.29, 1.82) is 5.26 Å². The van der Waals surface area contributed by atoms with Crippen LogP contribution in [0.1, 0.15) is 57.9 Å². The van der Waals surface area contributed by atoms with Gasteiger partial charge < -0.3 is 0 Å². The minimum Gasteiger partial charge on any atom is -0.207 e. The van der Waals surface area contributed by atoms with Gasteiger partial charge in [0.05, 0.1) is 11.5 Å². The van der Waals surface area contributed by atoms with Crippen molar-refractivity contribution in [2.24, 2.45) is 5.41 Å². The molecule has 0 aliphatic heterocycles. The summed E-state index contributed by atoms with van der Waals surface area (Å²) in [5, 5.41) is 9.54. The van der Waals surface area contributed by atoms with Crippen LogP contribution < -0.4 is 0 Å². The van der Waals surface area contributed by atoms with E-state index in [0.29, 0.717) is 18.4 Å². The average molecular weight is 277 g/mol. The van der Waals surface area contributed by atoms with Crippen molar-refractivity contribution in [1.82, 2.24) is 0 Å². The SMILES string of the molecule is CCCC1(CCC)CC(C#N)(c2ccc(F)cc2F)C1. The summed E-state index contributed by atoms with van der Waals surface area (Å²) in [7, 11) is 0. The fraction of sp³-hybridized carbons (Fsp3) is 0.588. The van der Waals surface area contributed by atoms with Gasteiger partial charge in [0.15, 0.2) is 0 Å². The smallest absolute Gasteiger partial charge is 0.130 e. The number of halogens is 2. The molecule has 1 fully saturated rings. The number of hydrogen-bond donors (Lipinski definition) is 0. The van der Waals surface area contributed by atoms with Crippen LogP contribution in [0.4, 0.5) is 8.78 Å². The van der Waals surface area contributed by atoms with E-state index in [0.717, 1.165) is 31.7 Å². The summed E-state index contributed by atoms with van der Waals surface area (Å²) >= 11 is 0. The third-order valence-electron chi connectivity index (χ3n) is 4.57. The quantitative estimate of drug-likeness (QED) is 0.734. The van der Waals surface area contributed by atoms with Crippen LogP contribution in [0.15, 0.2) is 18.2 Å². The van der Waals surface area contributed by atoms with Crippen LogP contribution >= 0.6 is 0 Å². The van der Waals surface area contributed by atoms with Crippen LogP contribution in [-0.2, 0) is 5.41 Å². The maximum absolute atomic E-state index is 14.0. The second kappa shape index (κ2) is 5.52. The molecule has 0 atom stereocenters. The number of benzene rings is 1. The van der Waals surface area contributed by atoms with E-state index in [4.69, 9.17) is 0 Å². The van der Waals surface area contributed by atoms with E-state index in [-0.39, 0.29) is 5.41 Å². The van der Waals surface area contributed by atoms with Crippen LogP contribution in [0.25, 0.3) is 0 Å². The van der Waals surface area contributed by atoms with Gasteiger partial charge in [-0.25, -0.2) is 8.78 Å². The fourth-order valence-electron chi connectivity index (χ4n) is 3.98. The van der Waals surface area contributed by atoms with Gasteiger partial charge in [0.25, 0.3) is 0 Å². The molecule has 1 saturated carbocycles. The molecule has 20 heavy (non-hydrogen) atoms. The predicted molar refractivity (Wildman–Crippen MR) is 75.1 cm³/mol. The van der Waals surface area contributed by atoms with Crippen LogP contribution in [0.3, 0.4) is 0 Å². The van der Waals surface area contributed by atoms with Gasteiger partial charge in [-0.3, -0.25) is 0 Å². The van der Waals surface area contributed by atoms with Gasteiger partial charge in [-0.1, -0.05) is 32.8 Å². The molecule has 0 N–H and O–H groups in total. The van der Waals surface area contributed by atoms with Gasteiger partial charge in [-0.05, 0) is 37.2 Å². The van der Waals surface area contributed by atoms with E-state index in [1.165, 1.54) is 12.1 Å². The molecule has 3 heteroatoms. The van der Waals surface area contributed by atoms with Crippen molar-refractivity contribution in [3.05, 3.63) is 35.4 Å². The Bertz CT molecular complexity index is 516. The summed E-state index contributed by atoms with van der Waals surface area (Å²) in [5.74, 6) is -1.18. The van der Waals surface area contributed by atoms with Crippen LogP contribution in [0.5, 0.6) is 0 Å². The molecule has 0 radical (unpaired) electrons. The second-order valence-electron chi connectivity index (χ2n) is 6.17. The molecule has 0 unspecified atom stereocenters. The number of nitrogens with zero attached hydrogens (tertiary/aromatic N) is 1. The Hall–Kier alpha value is -1.43. The molecule has 1 aliphatic carbocycles. The summed E-state index contributed by atoms with van der Waals surface area (Å²) in [5.41, 5.74) is -0.230. The zero-order chi connectivity index (χ0) is 14.8. The number of rotatable bonds is 5. The summed E-state index contributed by atoms with van der Waals surface area (Å²) in [4.78, 5) is 0. The molecule has 1 nitrogen and oxygen atoms in total. The highest BCUT2D eigenvalue weighted by Crippen LogP contribution is 2.60. The molecule has 2 rings (SSSR count). The third kappa shape index (κ3) is 2.44. The molecule has 0 bridgehead atoms.